The number of unbranched alkanes of at least 4 members (excludes halogenated alkanes) is 1. The van der Waals surface area contributed by atoms with Crippen LogP contribution in [0.3, 0.4) is 0 Å². The van der Waals surface area contributed by atoms with Gasteiger partial charge in [0.1, 0.15) is 0 Å². The second-order valence-electron chi connectivity index (χ2n) is 3.46. The SMILES string of the molecule is CCCCC1CC#CCCC1. The first-order chi connectivity index (χ1) is 5.43. The summed E-state index contributed by atoms with van der Waals surface area (Å²) in [4.78, 5) is 0. The maximum absolute atomic E-state index is 3.26. The lowest BCUT2D eigenvalue weighted by Gasteiger charge is -2.10. The van der Waals surface area contributed by atoms with E-state index in [-0.39, 0.29) is 0 Å². The first-order valence-electron chi connectivity index (χ1n) is 4.89. The highest BCUT2D eigenvalue weighted by Crippen LogP contribution is 2.20. The van der Waals surface area contributed by atoms with E-state index in [1.165, 1.54) is 38.5 Å². The Morgan fingerprint density at radius 1 is 1.36 bits per heavy atom. The summed E-state index contributed by atoms with van der Waals surface area (Å²) >= 11 is 0. The second-order valence-corrected chi connectivity index (χ2v) is 3.46. The molecule has 0 aliphatic heterocycles. The average Bonchev–Trinajstić information content (AvgIpc) is 2.28. The Kier molecular flexibility index (Phi) is 4.12. The highest BCUT2D eigenvalue weighted by molar-refractivity contribution is 5.02. The minimum atomic E-state index is 0.921. The number of hydrogen-bond donors (Lipinski definition) is 0. The topological polar surface area (TPSA) is 0 Å². The maximum atomic E-state index is 3.26. The quantitative estimate of drug-likeness (QED) is 0.541. The van der Waals surface area contributed by atoms with Gasteiger partial charge >= 0.3 is 0 Å². The zero-order chi connectivity index (χ0) is 7.94. The molecule has 0 amide bonds. The van der Waals surface area contributed by atoms with Crippen LogP contribution in [0.5, 0.6) is 0 Å². The van der Waals surface area contributed by atoms with Crippen LogP contribution in [0.15, 0.2) is 0 Å². The summed E-state index contributed by atoms with van der Waals surface area (Å²) in [5.74, 6) is 7.38. The van der Waals surface area contributed by atoms with Crippen LogP contribution in [0.25, 0.3) is 0 Å². The number of hydrogen-bond acceptors (Lipinski definition) is 0. The van der Waals surface area contributed by atoms with E-state index in [1.807, 2.05) is 0 Å². The van der Waals surface area contributed by atoms with Gasteiger partial charge in [0.25, 0.3) is 0 Å². The first-order valence-corrected chi connectivity index (χ1v) is 4.89. The molecule has 0 heteroatoms. The van der Waals surface area contributed by atoms with E-state index in [2.05, 4.69) is 18.8 Å². The first kappa shape index (κ1) is 8.65. The van der Waals surface area contributed by atoms with Crippen LogP contribution < -0.4 is 0 Å². The summed E-state index contributed by atoms with van der Waals surface area (Å²) in [7, 11) is 0. The van der Waals surface area contributed by atoms with E-state index in [9.17, 15) is 0 Å². The third-order valence-corrected chi connectivity index (χ3v) is 2.40. The fourth-order valence-corrected chi connectivity index (χ4v) is 1.63. The molecule has 0 nitrogen and oxygen atoms in total. The molecular formula is C11H18. The molecule has 0 aromatic carbocycles. The van der Waals surface area contributed by atoms with Crippen molar-refractivity contribution < 1.29 is 0 Å². The van der Waals surface area contributed by atoms with Gasteiger partial charge in [-0.2, -0.15) is 0 Å². The monoisotopic (exact) mass is 150 g/mol. The van der Waals surface area contributed by atoms with E-state index in [1.54, 1.807) is 0 Å². The summed E-state index contributed by atoms with van der Waals surface area (Å²) in [6, 6.07) is 0. The normalized spacial score (nSPS) is 23.5. The van der Waals surface area contributed by atoms with Crippen molar-refractivity contribution in [1.82, 2.24) is 0 Å². The van der Waals surface area contributed by atoms with Crippen LogP contribution in [0, 0.1) is 17.8 Å². The van der Waals surface area contributed by atoms with Crippen molar-refractivity contribution in [3.8, 4) is 11.8 Å². The van der Waals surface area contributed by atoms with Crippen LogP contribution in [0.2, 0.25) is 0 Å². The molecule has 1 aliphatic rings. The summed E-state index contributed by atoms with van der Waals surface area (Å²) in [6.07, 6.45) is 9.19. The van der Waals surface area contributed by atoms with Gasteiger partial charge in [-0.05, 0) is 25.2 Å². The van der Waals surface area contributed by atoms with Crippen molar-refractivity contribution in [2.45, 2.75) is 51.9 Å². The summed E-state index contributed by atoms with van der Waals surface area (Å²) in [5, 5.41) is 0. The molecule has 0 saturated carbocycles. The van der Waals surface area contributed by atoms with Gasteiger partial charge in [-0.1, -0.05) is 19.8 Å². The predicted octanol–water partition coefficient (Wildman–Crippen LogP) is 3.37. The standard InChI is InChI=1S/C11H18/c1-2-3-8-11-9-6-4-5-7-10-11/h11H,2-4,6,8-10H2,1H3. The Hall–Kier alpha value is -0.440. The van der Waals surface area contributed by atoms with Crippen LogP contribution >= 0.6 is 0 Å². The third kappa shape index (κ3) is 3.46. The van der Waals surface area contributed by atoms with Crippen molar-refractivity contribution in [2.75, 3.05) is 0 Å². The lowest BCUT2D eigenvalue weighted by molar-refractivity contribution is 0.438. The van der Waals surface area contributed by atoms with Crippen molar-refractivity contribution >= 4 is 0 Å². The molecule has 0 bridgehead atoms. The molecule has 0 radical (unpaired) electrons. The van der Waals surface area contributed by atoms with E-state index >= 15 is 0 Å². The fourth-order valence-electron chi connectivity index (χ4n) is 1.63. The Balaban J connectivity index is 2.18. The molecule has 11 heavy (non-hydrogen) atoms. The molecule has 62 valence electrons. The van der Waals surface area contributed by atoms with Gasteiger partial charge in [-0.3, -0.25) is 0 Å². The van der Waals surface area contributed by atoms with Gasteiger partial charge in [-0.25, -0.2) is 0 Å². The van der Waals surface area contributed by atoms with Gasteiger partial charge in [0.15, 0.2) is 0 Å². The Morgan fingerprint density at radius 2 is 2.27 bits per heavy atom. The highest BCUT2D eigenvalue weighted by Gasteiger charge is 2.07. The molecule has 0 spiro atoms. The highest BCUT2D eigenvalue weighted by atomic mass is 14.1. The average molecular weight is 150 g/mol. The third-order valence-electron chi connectivity index (χ3n) is 2.40. The van der Waals surface area contributed by atoms with Crippen LogP contribution in [-0.2, 0) is 0 Å². The second kappa shape index (κ2) is 5.24. The molecule has 0 fully saturated rings. The minimum absolute atomic E-state index is 0.921. The van der Waals surface area contributed by atoms with Gasteiger partial charge in [-0.15, -0.1) is 11.8 Å². The maximum Gasteiger partial charge on any atom is 0.0117 e. The Labute approximate surface area is 70.4 Å². The van der Waals surface area contributed by atoms with Gasteiger partial charge < -0.3 is 0 Å². The molecule has 0 heterocycles. The van der Waals surface area contributed by atoms with Crippen LogP contribution in [0.1, 0.15) is 51.9 Å². The largest absolute Gasteiger partial charge is 0.103 e. The van der Waals surface area contributed by atoms with Crippen molar-refractivity contribution in [1.29, 1.82) is 0 Å². The zero-order valence-electron chi connectivity index (χ0n) is 7.53. The minimum Gasteiger partial charge on any atom is -0.103 e. The summed E-state index contributed by atoms with van der Waals surface area (Å²) in [6.45, 7) is 2.27. The lowest BCUT2D eigenvalue weighted by atomic mass is 9.95. The Bertz CT molecular complexity index is 147. The van der Waals surface area contributed by atoms with Crippen molar-refractivity contribution in [3.63, 3.8) is 0 Å². The Morgan fingerprint density at radius 3 is 3.09 bits per heavy atom. The molecule has 1 aliphatic carbocycles. The molecule has 1 rings (SSSR count). The van der Waals surface area contributed by atoms with E-state index in [0.29, 0.717) is 0 Å². The number of rotatable bonds is 3. The molecule has 0 aromatic rings. The zero-order valence-corrected chi connectivity index (χ0v) is 7.53. The van der Waals surface area contributed by atoms with Crippen molar-refractivity contribution in [2.24, 2.45) is 5.92 Å². The van der Waals surface area contributed by atoms with Crippen molar-refractivity contribution in [3.05, 3.63) is 0 Å². The molecule has 0 N–H and O–H groups in total. The predicted molar refractivity (Wildman–Crippen MR) is 49.3 cm³/mol. The van der Waals surface area contributed by atoms with Gasteiger partial charge in [0.2, 0.25) is 0 Å². The van der Waals surface area contributed by atoms with E-state index in [0.717, 1.165) is 12.3 Å². The fraction of sp³-hybridized carbons (Fsp3) is 0.818. The molecule has 1 unspecified atom stereocenters. The smallest absolute Gasteiger partial charge is 0.0117 e. The van der Waals surface area contributed by atoms with Gasteiger partial charge in [0, 0.05) is 12.8 Å². The van der Waals surface area contributed by atoms with E-state index < -0.39 is 0 Å². The molecule has 0 aromatic heterocycles. The molecule has 1 atom stereocenters. The summed E-state index contributed by atoms with van der Waals surface area (Å²) in [5.41, 5.74) is 0. The van der Waals surface area contributed by atoms with Crippen LogP contribution in [0.4, 0.5) is 0 Å². The molecular weight excluding hydrogens is 132 g/mol. The lowest BCUT2D eigenvalue weighted by Crippen LogP contribution is -1.97. The van der Waals surface area contributed by atoms with Crippen LogP contribution in [-0.4, -0.2) is 0 Å². The van der Waals surface area contributed by atoms with E-state index in [4.69, 9.17) is 0 Å². The van der Waals surface area contributed by atoms with Gasteiger partial charge in [0.05, 0.1) is 0 Å². The molecule has 0 saturated heterocycles. The summed E-state index contributed by atoms with van der Waals surface area (Å²) < 4.78 is 0.